The van der Waals surface area contributed by atoms with Gasteiger partial charge in [0.25, 0.3) is 5.91 Å². The average molecular weight is 355 g/mol. The predicted octanol–water partition coefficient (Wildman–Crippen LogP) is 3.61. The van der Waals surface area contributed by atoms with Crippen LogP contribution in [0.3, 0.4) is 0 Å². The van der Waals surface area contributed by atoms with E-state index >= 15 is 0 Å². The lowest BCUT2D eigenvalue weighted by atomic mass is 10.2. The molecule has 0 fully saturated rings. The lowest BCUT2D eigenvalue weighted by molar-refractivity contribution is -0.147. The van der Waals surface area contributed by atoms with E-state index in [1.165, 1.54) is 5.56 Å². The van der Waals surface area contributed by atoms with E-state index in [1.54, 1.807) is 16.7 Å². The minimum absolute atomic E-state index is 0.163. The van der Waals surface area contributed by atoms with E-state index in [4.69, 9.17) is 4.74 Å². The van der Waals surface area contributed by atoms with Gasteiger partial charge in [0.2, 0.25) is 0 Å². The second kappa shape index (κ2) is 8.21. The normalized spacial score (nSPS) is 12.8. The standard InChI is InChI=1S/C20H21NO3S/c1-15-6-8-17(9-7-15)25-13-11-20(23)24-14-19(22)21-12-10-16-4-2-3-5-18(16)21/h2-9H,10-14H2,1H3. The number of para-hydroxylation sites is 1. The van der Waals surface area contributed by atoms with Gasteiger partial charge in [-0.25, -0.2) is 0 Å². The summed E-state index contributed by atoms with van der Waals surface area (Å²) in [5.41, 5.74) is 3.31. The van der Waals surface area contributed by atoms with Crippen molar-refractivity contribution in [3.05, 3.63) is 59.7 Å². The molecule has 2 aromatic rings. The minimum atomic E-state index is -0.333. The number of hydrogen-bond acceptors (Lipinski definition) is 4. The molecule has 2 aromatic carbocycles. The van der Waals surface area contributed by atoms with Crippen molar-refractivity contribution >= 4 is 29.3 Å². The Hall–Kier alpha value is -2.27. The second-order valence-electron chi connectivity index (χ2n) is 6.00. The first-order valence-corrected chi connectivity index (χ1v) is 9.35. The van der Waals surface area contributed by atoms with Crippen molar-refractivity contribution in [1.29, 1.82) is 0 Å². The van der Waals surface area contributed by atoms with Crippen LogP contribution >= 0.6 is 11.8 Å². The summed E-state index contributed by atoms with van der Waals surface area (Å²) in [5.74, 6) is 0.146. The van der Waals surface area contributed by atoms with Crippen LogP contribution in [0.2, 0.25) is 0 Å². The third kappa shape index (κ3) is 4.63. The van der Waals surface area contributed by atoms with E-state index in [2.05, 4.69) is 0 Å². The topological polar surface area (TPSA) is 46.6 Å². The van der Waals surface area contributed by atoms with Crippen LogP contribution in [0.1, 0.15) is 17.5 Å². The molecule has 0 N–H and O–H groups in total. The van der Waals surface area contributed by atoms with Gasteiger partial charge in [0.05, 0.1) is 6.42 Å². The molecule has 0 spiro atoms. The first kappa shape index (κ1) is 17.5. The number of carbonyl (C=O) groups is 2. The molecule has 1 aliphatic heterocycles. The summed E-state index contributed by atoms with van der Waals surface area (Å²) in [4.78, 5) is 27.0. The van der Waals surface area contributed by atoms with Gasteiger partial charge in [0, 0.05) is 22.9 Å². The van der Waals surface area contributed by atoms with E-state index in [-0.39, 0.29) is 18.5 Å². The van der Waals surface area contributed by atoms with Crippen LogP contribution < -0.4 is 4.90 Å². The van der Waals surface area contributed by atoms with Gasteiger partial charge in [-0.05, 0) is 37.1 Å². The first-order valence-electron chi connectivity index (χ1n) is 8.37. The Morgan fingerprint density at radius 3 is 2.68 bits per heavy atom. The number of hydrogen-bond donors (Lipinski definition) is 0. The third-order valence-corrected chi connectivity index (χ3v) is 5.15. The van der Waals surface area contributed by atoms with Gasteiger partial charge in [0.15, 0.2) is 6.61 Å². The molecule has 1 aliphatic rings. The van der Waals surface area contributed by atoms with Crippen molar-refractivity contribution in [2.45, 2.75) is 24.7 Å². The first-order chi connectivity index (χ1) is 12.1. The monoisotopic (exact) mass is 355 g/mol. The van der Waals surface area contributed by atoms with Crippen molar-refractivity contribution in [3.8, 4) is 0 Å². The Labute approximate surface area is 152 Å². The van der Waals surface area contributed by atoms with Crippen molar-refractivity contribution in [2.24, 2.45) is 0 Å². The van der Waals surface area contributed by atoms with Crippen molar-refractivity contribution < 1.29 is 14.3 Å². The number of ether oxygens (including phenoxy) is 1. The van der Waals surface area contributed by atoms with Gasteiger partial charge in [-0.15, -0.1) is 11.8 Å². The fourth-order valence-corrected chi connectivity index (χ4v) is 3.61. The summed E-state index contributed by atoms with van der Waals surface area (Å²) in [6.45, 7) is 2.50. The zero-order valence-corrected chi connectivity index (χ0v) is 15.1. The molecular formula is C20H21NO3S. The molecule has 1 heterocycles. The molecule has 0 saturated heterocycles. The zero-order chi connectivity index (χ0) is 17.6. The molecule has 0 aromatic heterocycles. The van der Waals surface area contributed by atoms with Gasteiger partial charge in [-0.1, -0.05) is 35.9 Å². The number of benzene rings is 2. The summed E-state index contributed by atoms with van der Waals surface area (Å²) in [6, 6.07) is 16.0. The highest BCUT2D eigenvalue weighted by Gasteiger charge is 2.24. The molecule has 3 rings (SSSR count). The molecule has 130 valence electrons. The maximum atomic E-state index is 12.3. The molecule has 0 radical (unpaired) electrons. The van der Waals surface area contributed by atoms with Crippen LogP contribution in [0.4, 0.5) is 5.69 Å². The largest absolute Gasteiger partial charge is 0.456 e. The summed E-state index contributed by atoms with van der Waals surface area (Å²) in [5, 5.41) is 0. The highest BCUT2D eigenvalue weighted by atomic mass is 32.2. The predicted molar refractivity (Wildman–Crippen MR) is 100.0 cm³/mol. The maximum absolute atomic E-state index is 12.3. The third-order valence-electron chi connectivity index (χ3n) is 4.14. The Morgan fingerprint density at radius 1 is 1.12 bits per heavy atom. The van der Waals surface area contributed by atoms with Gasteiger partial charge in [-0.3, -0.25) is 9.59 Å². The number of thioether (sulfide) groups is 1. The average Bonchev–Trinajstić information content (AvgIpc) is 3.05. The van der Waals surface area contributed by atoms with Crippen LogP contribution in [-0.4, -0.2) is 30.8 Å². The van der Waals surface area contributed by atoms with Gasteiger partial charge in [0.1, 0.15) is 0 Å². The fraction of sp³-hybridized carbons (Fsp3) is 0.300. The molecule has 5 heteroatoms. The number of aryl methyl sites for hydroxylation is 1. The van der Waals surface area contributed by atoms with Gasteiger partial charge in [-0.2, -0.15) is 0 Å². The molecule has 0 saturated carbocycles. The highest BCUT2D eigenvalue weighted by Crippen LogP contribution is 2.27. The van der Waals surface area contributed by atoms with Crippen LogP contribution in [0.15, 0.2) is 53.4 Å². The Morgan fingerprint density at radius 2 is 1.88 bits per heavy atom. The maximum Gasteiger partial charge on any atom is 0.307 e. The van der Waals surface area contributed by atoms with Crippen LogP contribution in [0.25, 0.3) is 0 Å². The lowest BCUT2D eigenvalue weighted by Crippen LogP contribution is -2.33. The number of amides is 1. The second-order valence-corrected chi connectivity index (χ2v) is 7.16. The summed E-state index contributed by atoms with van der Waals surface area (Å²) >= 11 is 1.61. The van der Waals surface area contributed by atoms with Crippen LogP contribution in [0, 0.1) is 6.92 Å². The number of nitrogens with zero attached hydrogens (tertiary/aromatic N) is 1. The SMILES string of the molecule is Cc1ccc(SCCC(=O)OCC(=O)N2CCc3ccccc32)cc1. The lowest BCUT2D eigenvalue weighted by Gasteiger charge is -2.17. The quantitative estimate of drug-likeness (QED) is 0.587. The van der Waals surface area contributed by atoms with Crippen molar-refractivity contribution in [3.63, 3.8) is 0 Å². The van der Waals surface area contributed by atoms with Crippen molar-refractivity contribution in [1.82, 2.24) is 0 Å². The number of rotatable bonds is 6. The van der Waals surface area contributed by atoms with Crippen LogP contribution in [0.5, 0.6) is 0 Å². The number of anilines is 1. The molecule has 0 bridgehead atoms. The van der Waals surface area contributed by atoms with E-state index in [1.807, 2.05) is 55.5 Å². The molecule has 0 aliphatic carbocycles. The Kier molecular flexibility index (Phi) is 5.76. The van der Waals surface area contributed by atoms with E-state index in [0.717, 1.165) is 22.6 Å². The molecule has 1 amide bonds. The fourth-order valence-electron chi connectivity index (χ4n) is 2.78. The summed E-state index contributed by atoms with van der Waals surface area (Å²) < 4.78 is 5.14. The summed E-state index contributed by atoms with van der Waals surface area (Å²) in [7, 11) is 0. The molecule has 25 heavy (non-hydrogen) atoms. The Balaban J connectivity index is 1.40. The smallest absolute Gasteiger partial charge is 0.307 e. The van der Waals surface area contributed by atoms with Gasteiger partial charge >= 0.3 is 5.97 Å². The number of carbonyl (C=O) groups excluding carboxylic acids is 2. The zero-order valence-electron chi connectivity index (χ0n) is 14.2. The highest BCUT2D eigenvalue weighted by molar-refractivity contribution is 7.99. The number of esters is 1. The molecule has 4 nitrogen and oxygen atoms in total. The molecule has 0 atom stereocenters. The molecular weight excluding hydrogens is 334 g/mol. The Bertz CT molecular complexity index is 758. The van der Waals surface area contributed by atoms with Gasteiger partial charge < -0.3 is 9.64 Å². The molecule has 0 unspecified atom stereocenters. The minimum Gasteiger partial charge on any atom is -0.456 e. The number of fused-ring (bicyclic) bond motifs is 1. The summed E-state index contributed by atoms with van der Waals surface area (Å²) in [6.07, 6.45) is 1.14. The van der Waals surface area contributed by atoms with E-state index in [0.29, 0.717) is 18.7 Å². The van der Waals surface area contributed by atoms with E-state index in [9.17, 15) is 9.59 Å². The van der Waals surface area contributed by atoms with Crippen LogP contribution in [-0.2, 0) is 20.7 Å². The van der Waals surface area contributed by atoms with E-state index < -0.39 is 0 Å². The van der Waals surface area contributed by atoms with Crippen molar-refractivity contribution in [2.75, 3.05) is 23.8 Å².